The normalized spacial score (nSPS) is 15.8. The molecule has 2 aromatic heterocycles. The molecule has 1 aliphatic carbocycles. The highest BCUT2D eigenvalue weighted by atomic mass is 16.5. The van der Waals surface area contributed by atoms with Gasteiger partial charge in [0.25, 0.3) is 11.8 Å². The summed E-state index contributed by atoms with van der Waals surface area (Å²) < 4.78 is 12.6. The predicted octanol–water partition coefficient (Wildman–Crippen LogP) is 9.20. The van der Waals surface area contributed by atoms with Gasteiger partial charge in [-0.15, -0.1) is 0 Å². The van der Waals surface area contributed by atoms with E-state index in [1.807, 2.05) is 39.2 Å². The standard InChI is InChI=1S/C45H58N4O5/c1-8-29(2)39(50)20-15-30(3)49-42(51)34-13-10-14-40(41(34)43(49)52)54-28-45(6,7)27-53-26-44(4,5)25-47-36(32-11-9-12-32)19-17-31-16-18-33-35-24-46-22-21-37(35)48-38(33)23-31/h10,13-14,16,18,21-24,29-30,47-48H,8-9,11-12,15,17,19-20,25-28H2,1-7H3. The van der Waals surface area contributed by atoms with Crippen molar-refractivity contribution in [2.75, 3.05) is 26.4 Å². The zero-order chi connectivity index (χ0) is 38.6. The molecule has 3 heterocycles. The average molecular weight is 735 g/mol. The average Bonchev–Trinajstić information content (AvgIpc) is 3.62. The van der Waals surface area contributed by atoms with Gasteiger partial charge >= 0.3 is 0 Å². The summed E-state index contributed by atoms with van der Waals surface area (Å²) in [5.74, 6) is -0.145. The maximum atomic E-state index is 13.6. The van der Waals surface area contributed by atoms with Crippen molar-refractivity contribution in [3.63, 3.8) is 0 Å². The van der Waals surface area contributed by atoms with Crippen LogP contribution in [0.25, 0.3) is 21.8 Å². The van der Waals surface area contributed by atoms with Crippen LogP contribution in [0.2, 0.25) is 0 Å². The van der Waals surface area contributed by atoms with Crippen LogP contribution in [0.3, 0.4) is 0 Å². The van der Waals surface area contributed by atoms with E-state index in [1.165, 1.54) is 40.8 Å². The fourth-order valence-electron chi connectivity index (χ4n) is 7.33. The molecule has 2 amide bonds. The van der Waals surface area contributed by atoms with Crippen molar-refractivity contribution < 1.29 is 23.9 Å². The first-order chi connectivity index (χ1) is 25.8. The van der Waals surface area contributed by atoms with E-state index in [0.717, 1.165) is 42.2 Å². The van der Waals surface area contributed by atoms with Crippen LogP contribution in [-0.4, -0.2) is 64.9 Å². The highest BCUT2D eigenvalue weighted by molar-refractivity contribution is 6.22. The smallest absolute Gasteiger partial charge is 0.265 e. The van der Waals surface area contributed by atoms with Crippen molar-refractivity contribution in [1.82, 2.24) is 20.2 Å². The SMILES string of the molecule is CCC(C)C(=O)CCC(C)N1C(=O)c2cccc(OCC(C)(C)COCC(C)(C)CNC(CCc3ccc4c(c3)[nH]c3ccncc34)=C3CCC3)c2C1=O. The van der Waals surface area contributed by atoms with E-state index in [1.54, 1.807) is 23.8 Å². The summed E-state index contributed by atoms with van der Waals surface area (Å²) in [6.45, 7) is 16.6. The molecule has 0 bridgehead atoms. The molecule has 9 heteroatoms. The molecule has 1 aliphatic heterocycles. The molecule has 1 fully saturated rings. The second-order valence-electron chi connectivity index (χ2n) is 17.1. The highest BCUT2D eigenvalue weighted by Crippen LogP contribution is 2.35. The Morgan fingerprint density at radius 2 is 1.72 bits per heavy atom. The molecule has 2 atom stereocenters. The van der Waals surface area contributed by atoms with Gasteiger partial charge in [0.1, 0.15) is 11.5 Å². The van der Waals surface area contributed by atoms with Gasteiger partial charge < -0.3 is 19.8 Å². The molecule has 2 N–H and O–H groups in total. The number of nitrogens with one attached hydrogen (secondary N) is 2. The Morgan fingerprint density at radius 1 is 0.944 bits per heavy atom. The summed E-state index contributed by atoms with van der Waals surface area (Å²) in [7, 11) is 0. The molecule has 9 nitrogen and oxygen atoms in total. The number of benzene rings is 2. The lowest BCUT2D eigenvalue weighted by Gasteiger charge is -2.31. The minimum Gasteiger partial charge on any atom is -0.492 e. The number of aryl methyl sites for hydroxylation is 1. The van der Waals surface area contributed by atoms with Crippen LogP contribution in [0.15, 0.2) is 66.1 Å². The number of rotatable bonds is 19. The Kier molecular flexibility index (Phi) is 12.0. The van der Waals surface area contributed by atoms with Gasteiger partial charge in [-0.05, 0) is 81.7 Å². The number of hydrogen-bond donors (Lipinski definition) is 2. The van der Waals surface area contributed by atoms with Gasteiger partial charge in [-0.3, -0.25) is 24.3 Å². The number of imide groups is 1. The number of ketones is 1. The van der Waals surface area contributed by atoms with Gasteiger partial charge in [0.2, 0.25) is 0 Å². The molecule has 0 spiro atoms. The third-order valence-electron chi connectivity index (χ3n) is 11.2. The molecule has 2 aliphatic rings. The number of aromatic nitrogens is 2. The zero-order valence-corrected chi connectivity index (χ0v) is 33.3. The van der Waals surface area contributed by atoms with Crippen LogP contribution in [0.1, 0.15) is 120 Å². The number of pyridine rings is 1. The number of H-pyrrole nitrogens is 1. The Bertz CT molecular complexity index is 2040. The number of nitrogens with zero attached hydrogens (tertiary/aromatic N) is 2. The molecule has 2 unspecified atom stereocenters. The van der Waals surface area contributed by atoms with E-state index in [-0.39, 0.29) is 40.4 Å². The summed E-state index contributed by atoms with van der Waals surface area (Å²) in [5.41, 5.74) is 6.73. The summed E-state index contributed by atoms with van der Waals surface area (Å²) in [6.07, 6.45) is 10.9. The van der Waals surface area contributed by atoms with Gasteiger partial charge in [-0.1, -0.05) is 65.3 Å². The van der Waals surface area contributed by atoms with Gasteiger partial charge in [-0.25, -0.2) is 0 Å². The quantitative estimate of drug-likeness (QED) is 0.0924. The maximum absolute atomic E-state index is 13.6. The lowest BCUT2D eigenvalue weighted by Crippen LogP contribution is -2.38. The van der Waals surface area contributed by atoms with Gasteiger partial charge in [0, 0.05) is 75.7 Å². The number of carbonyl (C=O) groups is 3. The molecule has 6 rings (SSSR count). The minimum absolute atomic E-state index is 0.0232. The number of fused-ring (bicyclic) bond motifs is 4. The lowest BCUT2D eigenvalue weighted by molar-refractivity contribution is -0.122. The zero-order valence-electron chi connectivity index (χ0n) is 33.3. The summed E-state index contributed by atoms with van der Waals surface area (Å²) >= 11 is 0. The molecule has 1 saturated carbocycles. The Morgan fingerprint density at radius 3 is 2.46 bits per heavy atom. The van der Waals surface area contributed by atoms with Crippen LogP contribution < -0.4 is 10.1 Å². The molecule has 0 saturated heterocycles. The number of ether oxygens (including phenoxy) is 2. The topological polar surface area (TPSA) is 114 Å². The summed E-state index contributed by atoms with van der Waals surface area (Å²) in [4.78, 5) is 48.5. The second kappa shape index (κ2) is 16.5. The van der Waals surface area contributed by atoms with Crippen molar-refractivity contribution in [3.05, 3.63) is 82.8 Å². The van der Waals surface area contributed by atoms with Crippen LogP contribution in [0, 0.1) is 16.7 Å². The molecule has 288 valence electrons. The molecule has 54 heavy (non-hydrogen) atoms. The van der Waals surface area contributed by atoms with Crippen molar-refractivity contribution in [3.8, 4) is 5.75 Å². The van der Waals surface area contributed by atoms with E-state index in [9.17, 15) is 14.4 Å². The van der Waals surface area contributed by atoms with Crippen molar-refractivity contribution in [2.45, 2.75) is 106 Å². The molecular formula is C45H58N4O5. The predicted molar refractivity (Wildman–Crippen MR) is 215 cm³/mol. The Hall–Kier alpha value is -4.50. The lowest BCUT2D eigenvalue weighted by atomic mass is 9.87. The van der Waals surface area contributed by atoms with Gasteiger partial charge in [0.05, 0.1) is 30.9 Å². The van der Waals surface area contributed by atoms with Crippen LogP contribution in [0.5, 0.6) is 5.75 Å². The fourth-order valence-corrected chi connectivity index (χ4v) is 7.33. The summed E-state index contributed by atoms with van der Waals surface area (Å²) in [5, 5.41) is 6.20. The van der Waals surface area contributed by atoms with Crippen LogP contribution in [0.4, 0.5) is 0 Å². The second-order valence-corrected chi connectivity index (χ2v) is 17.1. The maximum Gasteiger partial charge on any atom is 0.265 e. The van der Waals surface area contributed by atoms with E-state index in [2.05, 4.69) is 61.2 Å². The number of aromatic amines is 1. The highest BCUT2D eigenvalue weighted by Gasteiger charge is 2.41. The largest absolute Gasteiger partial charge is 0.492 e. The Balaban J connectivity index is 0.984. The van der Waals surface area contributed by atoms with E-state index < -0.39 is 0 Å². The first-order valence-corrected chi connectivity index (χ1v) is 19.8. The van der Waals surface area contributed by atoms with Gasteiger partial charge in [0.15, 0.2) is 0 Å². The van der Waals surface area contributed by atoms with E-state index >= 15 is 0 Å². The van der Waals surface area contributed by atoms with Crippen LogP contribution in [-0.2, 0) is 16.0 Å². The minimum atomic E-state index is -0.388. The summed E-state index contributed by atoms with van der Waals surface area (Å²) in [6, 6.07) is 13.6. The van der Waals surface area contributed by atoms with Crippen molar-refractivity contribution in [1.29, 1.82) is 0 Å². The molecule has 2 aromatic carbocycles. The van der Waals surface area contributed by atoms with Crippen molar-refractivity contribution in [2.24, 2.45) is 16.7 Å². The third kappa shape index (κ3) is 8.89. The Labute approximate surface area is 320 Å². The molecule has 4 aromatic rings. The fraction of sp³-hybridized carbons (Fsp3) is 0.511. The number of hydrogen-bond acceptors (Lipinski definition) is 7. The first kappa shape index (κ1) is 39.2. The van der Waals surface area contributed by atoms with E-state index in [4.69, 9.17) is 9.47 Å². The van der Waals surface area contributed by atoms with Crippen molar-refractivity contribution >= 4 is 39.4 Å². The first-order valence-electron chi connectivity index (χ1n) is 19.8. The van der Waals surface area contributed by atoms with Crippen LogP contribution >= 0.6 is 0 Å². The third-order valence-corrected chi connectivity index (χ3v) is 11.2. The number of allylic oxidation sites excluding steroid dienone is 2. The number of carbonyl (C=O) groups excluding carboxylic acids is 3. The molecule has 0 radical (unpaired) electrons. The van der Waals surface area contributed by atoms with Gasteiger partial charge in [-0.2, -0.15) is 0 Å². The number of Topliss-reactive ketones (excluding diaryl/α,β-unsaturated/α-hetero) is 1. The number of amides is 2. The molecular weight excluding hydrogens is 677 g/mol. The van der Waals surface area contributed by atoms with E-state index in [0.29, 0.717) is 49.5 Å². The monoisotopic (exact) mass is 734 g/mol.